The highest BCUT2D eigenvalue weighted by Gasteiger charge is 2.39. The minimum Gasteiger partial charge on any atom is -0.381 e. The van der Waals surface area contributed by atoms with Crippen molar-refractivity contribution in [3.05, 3.63) is 0 Å². The Bertz CT molecular complexity index is 423. The largest absolute Gasteiger partial charge is 0.381 e. The Hall–Kier alpha value is -1.14. The van der Waals surface area contributed by atoms with E-state index >= 15 is 0 Å². The fourth-order valence-corrected chi connectivity index (χ4v) is 4.14. The summed E-state index contributed by atoms with van der Waals surface area (Å²) in [5, 5.41) is 2.99. The van der Waals surface area contributed by atoms with Crippen molar-refractivity contribution in [2.45, 2.75) is 50.6 Å². The van der Waals surface area contributed by atoms with Crippen molar-refractivity contribution in [3.8, 4) is 0 Å². The molecule has 2 amide bonds. The van der Waals surface area contributed by atoms with Gasteiger partial charge in [0.25, 0.3) is 0 Å². The van der Waals surface area contributed by atoms with Crippen molar-refractivity contribution in [2.24, 2.45) is 17.6 Å². The number of hydrogen-bond donors (Lipinski definition) is 2. The minimum absolute atomic E-state index is 0.00469. The summed E-state index contributed by atoms with van der Waals surface area (Å²) in [6.07, 6.45) is 5.53. The number of hydrogen-bond acceptors (Lipinski definition) is 4. The number of nitrogens with zero attached hydrogens (tertiary/aromatic N) is 1. The Morgan fingerprint density at radius 3 is 2.73 bits per heavy atom. The maximum atomic E-state index is 12.6. The van der Waals surface area contributed by atoms with Gasteiger partial charge in [-0.15, -0.1) is 0 Å². The zero-order valence-corrected chi connectivity index (χ0v) is 13.1. The van der Waals surface area contributed by atoms with Crippen LogP contribution in [-0.4, -0.2) is 55.1 Å². The maximum absolute atomic E-state index is 12.6. The highest BCUT2D eigenvalue weighted by atomic mass is 16.5. The van der Waals surface area contributed by atoms with Crippen molar-refractivity contribution in [1.82, 2.24) is 10.2 Å². The molecule has 6 heteroatoms. The molecule has 22 heavy (non-hydrogen) atoms. The zero-order chi connectivity index (χ0) is 15.5. The number of carbonyl (C=O) groups is 2. The SMILES string of the molecule is NC[C@H]1CCC[C@H]1C(=O)NC1CCN(C2CCOCC2)C1=O. The molecule has 3 fully saturated rings. The lowest BCUT2D eigenvalue weighted by Gasteiger charge is -2.31. The average Bonchev–Trinajstić information content (AvgIpc) is 3.15. The molecule has 0 aromatic heterocycles. The van der Waals surface area contributed by atoms with Crippen molar-refractivity contribution in [2.75, 3.05) is 26.3 Å². The Morgan fingerprint density at radius 1 is 1.23 bits per heavy atom. The molecule has 124 valence electrons. The summed E-state index contributed by atoms with van der Waals surface area (Å²) in [5.41, 5.74) is 5.75. The third kappa shape index (κ3) is 3.13. The maximum Gasteiger partial charge on any atom is 0.245 e. The van der Waals surface area contributed by atoms with Gasteiger partial charge in [-0.25, -0.2) is 0 Å². The second kappa shape index (κ2) is 6.96. The van der Waals surface area contributed by atoms with E-state index in [9.17, 15) is 9.59 Å². The van der Waals surface area contributed by atoms with Gasteiger partial charge >= 0.3 is 0 Å². The molecule has 0 bridgehead atoms. The van der Waals surface area contributed by atoms with Crippen molar-refractivity contribution in [1.29, 1.82) is 0 Å². The number of amides is 2. The van der Waals surface area contributed by atoms with E-state index in [1.165, 1.54) is 0 Å². The molecular weight excluding hydrogens is 282 g/mol. The summed E-state index contributed by atoms with van der Waals surface area (Å²) < 4.78 is 5.36. The molecule has 2 aliphatic heterocycles. The number of nitrogens with two attached hydrogens (primary N) is 1. The van der Waals surface area contributed by atoms with Crippen LogP contribution in [0.15, 0.2) is 0 Å². The van der Waals surface area contributed by atoms with E-state index < -0.39 is 0 Å². The van der Waals surface area contributed by atoms with E-state index in [0.29, 0.717) is 6.54 Å². The second-order valence-electron chi connectivity index (χ2n) is 6.76. The van der Waals surface area contributed by atoms with Gasteiger partial charge in [0.1, 0.15) is 6.04 Å². The molecule has 0 spiro atoms. The normalized spacial score (nSPS) is 33.4. The summed E-state index contributed by atoms with van der Waals surface area (Å²) in [5.74, 6) is 0.390. The van der Waals surface area contributed by atoms with E-state index in [2.05, 4.69) is 5.32 Å². The van der Waals surface area contributed by atoms with Crippen LogP contribution in [0.1, 0.15) is 38.5 Å². The number of nitrogens with one attached hydrogen (secondary N) is 1. The number of rotatable bonds is 4. The van der Waals surface area contributed by atoms with Crippen LogP contribution in [0.2, 0.25) is 0 Å². The van der Waals surface area contributed by atoms with Gasteiger partial charge in [-0.3, -0.25) is 9.59 Å². The van der Waals surface area contributed by atoms with E-state index in [1.807, 2.05) is 4.90 Å². The van der Waals surface area contributed by atoms with E-state index in [0.717, 1.165) is 58.3 Å². The molecule has 2 saturated heterocycles. The van der Waals surface area contributed by atoms with Gasteiger partial charge in [0.15, 0.2) is 0 Å². The Kier molecular flexibility index (Phi) is 4.98. The Balaban J connectivity index is 1.55. The topological polar surface area (TPSA) is 84.7 Å². The van der Waals surface area contributed by atoms with Crippen LogP contribution in [0.4, 0.5) is 0 Å². The van der Waals surface area contributed by atoms with Crippen LogP contribution < -0.4 is 11.1 Å². The van der Waals surface area contributed by atoms with Crippen LogP contribution >= 0.6 is 0 Å². The zero-order valence-electron chi connectivity index (χ0n) is 13.1. The highest BCUT2D eigenvalue weighted by Crippen LogP contribution is 2.31. The monoisotopic (exact) mass is 309 g/mol. The van der Waals surface area contributed by atoms with Gasteiger partial charge in [-0.2, -0.15) is 0 Å². The van der Waals surface area contributed by atoms with Gasteiger partial charge < -0.3 is 20.7 Å². The predicted octanol–water partition coefficient (Wildman–Crippen LogP) is 0.258. The molecule has 3 N–H and O–H groups in total. The molecule has 3 atom stereocenters. The summed E-state index contributed by atoms with van der Waals surface area (Å²) in [4.78, 5) is 26.9. The van der Waals surface area contributed by atoms with Gasteiger partial charge in [-0.05, 0) is 44.6 Å². The molecule has 0 aromatic rings. The minimum atomic E-state index is -0.339. The van der Waals surface area contributed by atoms with Gasteiger partial charge in [0, 0.05) is 31.7 Å². The molecule has 3 rings (SSSR count). The smallest absolute Gasteiger partial charge is 0.245 e. The van der Waals surface area contributed by atoms with Crippen LogP contribution in [0.3, 0.4) is 0 Å². The van der Waals surface area contributed by atoms with Crippen molar-refractivity contribution >= 4 is 11.8 Å². The van der Waals surface area contributed by atoms with Gasteiger partial charge in [0.05, 0.1) is 0 Å². The fourth-order valence-electron chi connectivity index (χ4n) is 4.14. The van der Waals surface area contributed by atoms with E-state index in [1.54, 1.807) is 0 Å². The summed E-state index contributed by atoms with van der Waals surface area (Å²) >= 11 is 0. The second-order valence-corrected chi connectivity index (χ2v) is 6.76. The molecule has 3 aliphatic rings. The third-order valence-electron chi connectivity index (χ3n) is 5.49. The summed E-state index contributed by atoms with van der Waals surface area (Å²) in [6.45, 7) is 2.77. The molecule has 2 heterocycles. The first-order valence-corrected chi connectivity index (χ1v) is 8.59. The lowest BCUT2D eigenvalue weighted by molar-refractivity contribution is -0.136. The third-order valence-corrected chi connectivity index (χ3v) is 5.49. The first-order valence-electron chi connectivity index (χ1n) is 8.59. The van der Waals surface area contributed by atoms with Crippen molar-refractivity contribution in [3.63, 3.8) is 0 Å². The summed E-state index contributed by atoms with van der Waals surface area (Å²) in [6, 6.07) is -0.0548. The molecule has 6 nitrogen and oxygen atoms in total. The molecule has 0 radical (unpaired) electrons. The average molecular weight is 309 g/mol. The van der Waals surface area contributed by atoms with E-state index in [-0.39, 0.29) is 35.7 Å². The fraction of sp³-hybridized carbons (Fsp3) is 0.875. The number of likely N-dealkylation sites (tertiary alicyclic amines) is 1. The van der Waals surface area contributed by atoms with Crippen molar-refractivity contribution < 1.29 is 14.3 Å². The molecular formula is C16H27N3O3. The summed E-state index contributed by atoms with van der Waals surface area (Å²) in [7, 11) is 0. The lowest BCUT2D eigenvalue weighted by Crippen LogP contribution is -2.48. The van der Waals surface area contributed by atoms with Crippen LogP contribution in [0.5, 0.6) is 0 Å². The Labute approximate surface area is 131 Å². The van der Waals surface area contributed by atoms with E-state index in [4.69, 9.17) is 10.5 Å². The first kappa shape index (κ1) is 15.7. The van der Waals surface area contributed by atoms with Crippen LogP contribution in [-0.2, 0) is 14.3 Å². The quantitative estimate of drug-likeness (QED) is 0.780. The number of ether oxygens (including phenoxy) is 1. The lowest BCUT2D eigenvalue weighted by atomic mass is 9.95. The number of carbonyl (C=O) groups excluding carboxylic acids is 2. The standard InChI is InChI=1S/C16H27N3O3/c17-10-11-2-1-3-13(11)15(20)18-14-4-7-19(16(14)21)12-5-8-22-9-6-12/h11-14H,1-10,17H2,(H,18,20)/t11-,13-,14?/m1/s1. The van der Waals surface area contributed by atoms with Gasteiger partial charge in [-0.1, -0.05) is 6.42 Å². The molecule has 1 unspecified atom stereocenters. The van der Waals surface area contributed by atoms with Crippen LogP contribution in [0.25, 0.3) is 0 Å². The van der Waals surface area contributed by atoms with Gasteiger partial charge in [0.2, 0.25) is 11.8 Å². The first-order chi connectivity index (χ1) is 10.7. The molecule has 1 aliphatic carbocycles. The molecule has 1 saturated carbocycles. The molecule has 0 aromatic carbocycles. The highest BCUT2D eigenvalue weighted by molar-refractivity contribution is 5.90. The van der Waals surface area contributed by atoms with Crippen LogP contribution in [0, 0.1) is 11.8 Å². The Morgan fingerprint density at radius 2 is 2.00 bits per heavy atom. The predicted molar refractivity (Wildman–Crippen MR) is 82.0 cm³/mol.